The smallest absolute Gasteiger partial charge is 0.255 e. The van der Waals surface area contributed by atoms with Crippen LogP contribution in [0.15, 0.2) is 29.0 Å². The minimum Gasteiger partial charge on any atom is -0.508 e. The van der Waals surface area contributed by atoms with Crippen molar-refractivity contribution < 1.29 is 34.8 Å². The Bertz CT molecular complexity index is 1180. The first-order valence-electron chi connectivity index (χ1n) is 10.5. The maximum Gasteiger partial charge on any atom is 0.255 e. The Morgan fingerprint density at radius 2 is 1.69 bits per heavy atom. The number of nitrogens with zero attached hydrogens (tertiary/aromatic N) is 2. The molecule has 35 heavy (non-hydrogen) atoms. The van der Waals surface area contributed by atoms with Crippen LogP contribution in [0, 0.1) is 11.8 Å². The lowest BCUT2D eigenvalue weighted by molar-refractivity contribution is -0.153. The van der Waals surface area contributed by atoms with Crippen LogP contribution in [0.5, 0.6) is 5.75 Å². The number of Topliss-reactive ketones (excluding diaryl/α,β-unsaturated/α-hetero) is 2. The third kappa shape index (κ3) is 3.76. The van der Waals surface area contributed by atoms with E-state index < -0.39 is 58.0 Å². The van der Waals surface area contributed by atoms with Crippen molar-refractivity contribution >= 4 is 53.7 Å². The van der Waals surface area contributed by atoms with E-state index in [0.29, 0.717) is 5.56 Å². The van der Waals surface area contributed by atoms with Crippen LogP contribution in [0.1, 0.15) is 17.5 Å². The van der Waals surface area contributed by atoms with Gasteiger partial charge in [-0.25, -0.2) is 0 Å². The third-order valence-electron chi connectivity index (χ3n) is 7.06. The second kappa shape index (κ2) is 9.34. The number of aromatic hydroxyl groups is 1. The summed E-state index contributed by atoms with van der Waals surface area (Å²) in [5.74, 6) is -6.54. The normalized spacial score (nSPS) is 27.4. The number of fused-ring (bicyclic) bond motifs is 3. The Hall–Kier alpha value is -2.79. The Balaban J connectivity index is 0.00000216. The lowest BCUT2D eigenvalue weighted by atomic mass is 9.57. The van der Waals surface area contributed by atoms with E-state index in [1.165, 1.54) is 11.0 Å². The fraction of sp³-hybridized carbons (Fsp3) is 0.435. The maximum atomic E-state index is 13.7. The van der Waals surface area contributed by atoms with Crippen LogP contribution >= 0.6 is 24.8 Å². The quantitative estimate of drug-likeness (QED) is 0.357. The van der Waals surface area contributed by atoms with Crippen LogP contribution in [-0.4, -0.2) is 82.6 Å². The number of phenols is 1. The number of likely N-dealkylation sites (N-methyl/N-ethyl adjacent to an activating group) is 1. The molecule has 1 aromatic rings. The van der Waals surface area contributed by atoms with Gasteiger partial charge in [-0.05, 0) is 50.6 Å². The number of nitrogens with two attached hydrogens (primary N) is 1. The van der Waals surface area contributed by atoms with E-state index >= 15 is 0 Å². The predicted molar refractivity (Wildman–Crippen MR) is 133 cm³/mol. The summed E-state index contributed by atoms with van der Waals surface area (Å²) >= 11 is 0. The first-order valence-corrected chi connectivity index (χ1v) is 10.5. The third-order valence-corrected chi connectivity index (χ3v) is 7.06. The van der Waals surface area contributed by atoms with Gasteiger partial charge < -0.3 is 31.1 Å². The summed E-state index contributed by atoms with van der Waals surface area (Å²) < 4.78 is 0. The Morgan fingerprint density at radius 1 is 1.09 bits per heavy atom. The summed E-state index contributed by atoms with van der Waals surface area (Å²) in [6.07, 6.45) is 0.324. The summed E-state index contributed by atoms with van der Waals surface area (Å²) in [7, 11) is 6.75. The van der Waals surface area contributed by atoms with E-state index in [2.05, 4.69) is 0 Å². The molecular weight excluding hydrogens is 501 g/mol. The number of primary amides is 1. The number of aliphatic hydroxyl groups excluding tert-OH is 2. The molecule has 6 N–H and O–H groups in total. The number of aliphatic hydroxyl groups is 3. The van der Waals surface area contributed by atoms with Gasteiger partial charge in [0.05, 0.1) is 11.6 Å². The fourth-order valence-corrected chi connectivity index (χ4v) is 5.65. The molecule has 3 aliphatic carbocycles. The van der Waals surface area contributed by atoms with E-state index in [1.54, 1.807) is 20.2 Å². The Kier molecular flexibility index (Phi) is 7.60. The van der Waals surface area contributed by atoms with E-state index in [4.69, 9.17) is 5.73 Å². The summed E-state index contributed by atoms with van der Waals surface area (Å²) in [5, 5.41) is 43.9. The van der Waals surface area contributed by atoms with Gasteiger partial charge in [0.15, 0.2) is 11.4 Å². The van der Waals surface area contributed by atoms with Crippen LogP contribution in [-0.2, 0) is 20.8 Å². The van der Waals surface area contributed by atoms with E-state index in [9.17, 15) is 34.8 Å². The highest BCUT2D eigenvalue weighted by molar-refractivity contribution is 6.24. The molecule has 0 unspecified atom stereocenters. The molecule has 0 spiro atoms. The van der Waals surface area contributed by atoms with Crippen LogP contribution in [0.2, 0.25) is 0 Å². The highest BCUT2D eigenvalue weighted by Gasteiger charge is 2.64. The molecule has 0 saturated heterocycles. The number of amides is 1. The number of rotatable bonds is 3. The zero-order valence-corrected chi connectivity index (χ0v) is 21.2. The van der Waals surface area contributed by atoms with Crippen molar-refractivity contribution in [3.63, 3.8) is 0 Å². The number of phenolic OH excluding ortho intramolecular Hbond substituents is 1. The number of halogens is 2. The predicted octanol–water partition coefficient (Wildman–Crippen LogP) is 0.874. The van der Waals surface area contributed by atoms with Gasteiger partial charge in [0.2, 0.25) is 5.78 Å². The molecule has 0 radical (unpaired) electrons. The maximum absolute atomic E-state index is 13.7. The van der Waals surface area contributed by atoms with Gasteiger partial charge in [0, 0.05) is 31.3 Å². The minimum absolute atomic E-state index is 0. The van der Waals surface area contributed by atoms with E-state index in [0.717, 1.165) is 5.69 Å². The first kappa shape index (κ1) is 28.4. The number of anilines is 1. The molecule has 12 heteroatoms. The van der Waals surface area contributed by atoms with Crippen molar-refractivity contribution in [2.24, 2.45) is 17.6 Å². The van der Waals surface area contributed by atoms with Crippen molar-refractivity contribution in [3.8, 4) is 5.75 Å². The largest absolute Gasteiger partial charge is 0.508 e. The summed E-state index contributed by atoms with van der Waals surface area (Å²) in [6.45, 7) is 0. The van der Waals surface area contributed by atoms with Crippen molar-refractivity contribution in [2.45, 2.75) is 24.5 Å². The summed E-state index contributed by atoms with van der Waals surface area (Å²) in [4.78, 5) is 42.0. The SMILES string of the molecule is CN(C)c1ccc(O)c2c1C[C@H]1C[C@H]3[C@H](N(C)C)C(=O)C(C(N)=O)=C(O)[C@@]3(O)C(=O)C1=C2O.Cl.Cl. The highest BCUT2D eigenvalue weighted by atomic mass is 35.5. The molecule has 0 aliphatic heterocycles. The molecule has 192 valence electrons. The number of hydrogen-bond acceptors (Lipinski definition) is 9. The number of carbonyl (C=O) groups excluding carboxylic acids is 3. The lowest BCUT2D eigenvalue weighted by Gasteiger charge is -2.50. The zero-order valence-electron chi connectivity index (χ0n) is 19.6. The number of hydrogen-bond donors (Lipinski definition) is 5. The van der Waals surface area contributed by atoms with Gasteiger partial charge in [0.25, 0.3) is 5.91 Å². The molecule has 1 fully saturated rings. The Labute approximate surface area is 214 Å². The van der Waals surface area contributed by atoms with Gasteiger partial charge in [-0.3, -0.25) is 19.3 Å². The molecule has 4 atom stereocenters. The van der Waals surface area contributed by atoms with Crippen LogP contribution in [0.25, 0.3) is 5.76 Å². The van der Waals surface area contributed by atoms with Crippen molar-refractivity contribution in [1.29, 1.82) is 0 Å². The molecule has 0 aromatic heterocycles. The fourth-order valence-electron chi connectivity index (χ4n) is 5.65. The zero-order chi connectivity index (χ0) is 24.6. The van der Waals surface area contributed by atoms with Crippen LogP contribution < -0.4 is 10.6 Å². The second-order valence-electron chi connectivity index (χ2n) is 9.31. The standard InChI is InChI=1S/C23H27N3O7.2ClH/c1-25(2)12-5-6-13(27)15-10(12)7-9-8-11-17(26(3)4)19(29)16(22(24)32)21(31)23(11,33)20(30)14(9)18(15)28;;/h5-6,9,11,17,27-28,31,33H,7-8H2,1-4H3,(H2,24,32);2*1H/t9-,11-,17-,23-;;/m0../s1. The highest BCUT2D eigenvalue weighted by Crippen LogP contribution is 2.53. The molecule has 0 heterocycles. The Morgan fingerprint density at radius 3 is 2.20 bits per heavy atom. The van der Waals surface area contributed by atoms with Gasteiger partial charge in [0.1, 0.15) is 22.8 Å². The second-order valence-corrected chi connectivity index (χ2v) is 9.31. The monoisotopic (exact) mass is 529 g/mol. The molecule has 3 aliphatic rings. The van der Waals surface area contributed by atoms with E-state index in [1.807, 2.05) is 19.0 Å². The van der Waals surface area contributed by atoms with Crippen molar-refractivity contribution in [3.05, 3.63) is 40.2 Å². The molecule has 0 bridgehead atoms. The molecule has 1 amide bonds. The number of benzene rings is 1. The van der Waals surface area contributed by atoms with Gasteiger partial charge >= 0.3 is 0 Å². The van der Waals surface area contributed by atoms with Gasteiger partial charge in [-0.1, -0.05) is 0 Å². The molecule has 1 saturated carbocycles. The van der Waals surface area contributed by atoms with Crippen LogP contribution in [0.4, 0.5) is 5.69 Å². The molecule has 4 rings (SSSR count). The van der Waals surface area contributed by atoms with Gasteiger partial charge in [-0.2, -0.15) is 0 Å². The summed E-state index contributed by atoms with van der Waals surface area (Å²) in [5.41, 5.74) is 3.15. The van der Waals surface area contributed by atoms with Gasteiger partial charge in [-0.15, -0.1) is 24.8 Å². The average molecular weight is 530 g/mol. The minimum atomic E-state index is -2.63. The molecule has 10 nitrogen and oxygen atoms in total. The first-order chi connectivity index (χ1) is 15.3. The van der Waals surface area contributed by atoms with Crippen LogP contribution in [0.3, 0.4) is 0 Å². The molecule has 1 aromatic carbocycles. The van der Waals surface area contributed by atoms with E-state index in [-0.39, 0.29) is 54.5 Å². The lowest BCUT2D eigenvalue weighted by Crippen LogP contribution is -2.65. The number of ketones is 2. The summed E-state index contributed by atoms with van der Waals surface area (Å²) in [6, 6.07) is 2.01. The molecular formula is C23H29Cl2N3O7. The number of carbonyl (C=O) groups is 3. The topological polar surface area (TPSA) is 165 Å². The van der Waals surface area contributed by atoms with Crippen molar-refractivity contribution in [1.82, 2.24) is 4.90 Å². The average Bonchev–Trinajstić information content (AvgIpc) is 2.70. The van der Waals surface area contributed by atoms with Crippen molar-refractivity contribution in [2.75, 3.05) is 33.1 Å².